The molecule has 0 atom stereocenters. The Bertz CT molecular complexity index is 902. The van der Waals surface area contributed by atoms with Gasteiger partial charge in [-0.2, -0.15) is 5.10 Å². The lowest BCUT2D eigenvalue weighted by molar-refractivity contribution is 0.753. The van der Waals surface area contributed by atoms with Crippen LogP contribution in [0.25, 0.3) is 0 Å². The average molecular weight is 335 g/mol. The Hall–Kier alpha value is -3.09. The van der Waals surface area contributed by atoms with Crippen LogP contribution >= 0.6 is 0 Å². The van der Waals surface area contributed by atoms with Crippen LogP contribution in [-0.4, -0.2) is 46.2 Å². The summed E-state index contributed by atoms with van der Waals surface area (Å²) in [7, 11) is 4.09. The third kappa shape index (κ3) is 3.00. The van der Waals surface area contributed by atoms with Crippen LogP contribution in [0.5, 0.6) is 0 Å². The van der Waals surface area contributed by atoms with Crippen LogP contribution in [0.15, 0.2) is 47.7 Å². The van der Waals surface area contributed by atoms with Gasteiger partial charge in [0.15, 0.2) is 5.82 Å². The van der Waals surface area contributed by atoms with Crippen LogP contribution in [-0.2, 0) is 6.54 Å². The van der Waals surface area contributed by atoms with Gasteiger partial charge in [0.25, 0.3) is 0 Å². The Morgan fingerprint density at radius 1 is 1.16 bits per heavy atom. The molecule has 4 rings (SSSR count). The first-order chi connectivity index (χ1) is 12.1. The molecule has 3 aromatic rings. The lowest BCUT2D eigenvalue weighted by Gasteiger charge is -2.30. The number of hydrogen-bond donors (Lipinski definition) is 1. The fourth-order valence-corrected chi connectivity index (χ4v) is 2.99. The maximum Gasteiger partial charge on any atom is 0.175 e. The van der Waals surface area contributed by atoms with Gasteiger partial charge in [-0.05, 0) is 31.2 Å². The third-order valence-electron chi connectivity index (χ3n) is 4.33. The van der Waals surface area contributed by atoms with Crippen LogP contribution in [0.2, 0.25) is 0 Å². The molecule has 1 aromatic carbocycles. The number of nitrogens with zero attached hydrogens (tertiary/aromatic N) is 6. The summed E-state index contributed by atoms with van der Waals surface area (Å²) < 4.78 is 2.05. The number of hydrogen-bond acceptors (Lipinski definition) is 5. The molecule has 2 aromatic heterocycles. The van der Waals surface area contributed by atoms with Crippen LogP contribution in [0.4, 0.5) is 17.2 Å². The second kappa shape index (κ2) is 6.08. The molecule has 7 heteroatoms. The van der Waals surface area contributed by atoms with Gasteiger partial charge >= 0.3 is 0 Å². The Kier molecular flexibility index (Phi) is 3.76. The first-order valence-electron chi connectivity index (χ1n) is 8.24. The molecule has 0 spiro atoms. The number of nitrogens with one attached hydrogen (secondary N) is 1. The summed E-state index contributed by atoms with van der Waals surface area (Å²) in [5.41, 5.74) is 3.34. The lowest BCUT2D eigenvalue weighted by Crippen LogP contribution is -2.39. The van der Waals surface area contributed by atoms with Gasteiger partial charge < -0.3 is 9.80 Å². The fraction of sp³-hybridized carbons (Fsp3) is 0.278. The first-order valence-corrected chi connectivity index (χ1v) is 8.24. The molecule has 0 amide bonds. The molecule has 0 aliphatic carbocycles. The van der Waals surface area contributed by atoms with Crippen molar-refractivity contribution in [2.75, 3.05) is 30.4 Å². The molecule has 1 aliphatic rings. The van der Waals surface area contributed by atoms with Crippen LogP contribution in [0, 0.1) is 6.92 Å². The average Bonchev–Trinajstić information content (AvgIpc) is 3.23. The maximum absolute atomic E-state index is 4.72. The highest BCUT2D eigenvalue weighted by Crippen LogP contribution is 2.24. The van der Waals surface area contributed by atoms with Crippen molar-refractivity contribution in [1.82, 2.24) is 19.7 Å². The molecular weight excluding hydrogens is 314 g/mol. The molecule has 0 saturated carbocycles. The van der Waals surface area contributed by atoms with Gasteiger partial charge in [0.1, 0.15) is 11.7 Å². The summed E-state index contributed by atoms with van der Waals surface area (Å²) in [6.07, 6.45) is 3.78. The molecule has 128 valence electrons. The number of aryl methyl sites for hydroxylation is 1. The molecule has 1 N–H and O–H groups in total. The minimum absolute atomic E-state index is 0.692. The van der Waals surface area contributed by atoms with Crippen molar-refractivity contribution in [3.63, 3.8) is 0 Å². The van der Waals surface area contributed by atoms with E-state index in [2.05, 4.69) is 53.8 Å². The van der Waals surface area contributed by atoms with E-state index in [0.717, 1.165) is 29.6 Å². The van der Waals surface area contributed by atoms with E-state index in [4.69, 9.17) is 4.99 Å². The molecule has 1 aliphatic heterocycles. The highest BCUT2D eigenvalue weighted by Gasteiger charge is 2.22. The second-order valence-electron chi connectivity index (χ2n) is 6.42. The minimum Gasteiger partial charge on any atom is -0.378 e. The molecule has 0 bridgehead atoms. The number of fused-ring (bicyclic) bond motifs is 1. The Balaban J connectivity index is 1.67. The predicted octanol–water partition coefficient (Wildman–Crippen LogP) is 2.58. The zero-order valence-corrected chi connectivity index (χ0v) is 14.6. The highest BCUT2D eigenvalue weighted by atomic mass is 15.3. The number of aromatic amines is 1. The fourth-order valence-electron chi connectivity index (χ4n) is 2.99. The van der Waals surface area contributed by atoms with E-state index >= 15 is 0 Å². The van der Waals surface area contributed by atoms with Crippen molar-refractivity contribution in [2.45, 2.75) is 13.5 Å². The largest absolute Gasteiger partial charge is 0.378 e. The van der Waals surface area contributed by atoms with Gasteiger partial charge in [-0.1, -0.05) is 0 Å². The zero-order valence-electron chi connectivity index (χ0n) is 14.6. The summed E-state index contributed by atoms with van der Waals surface area (Å²) in [6.45, 7) is 3.43. The number of rotatable bonds is 3. The van der Waals surface area contributed by atoms with Crippen LogP contribution < -0.4 is 9.80 Å². The van der Waals surface area contributed by atoms with E-state index in [9.17, 15) is 0 Å². The van der Waals surface area contributed by atoms with E-state index in [1.54, 1.807) is 0 Å². The van der Waals surface area contributed by atoms with Gasteiger partial charge in [0.2, 0.25) is 0 Å². The Morgan fingerprint density at radius 2 is 1.96 bits per heavy atom. The highest BCUT2D eigenvalue weighted by molar-refractivity contribution is 5.92. The van der Waals surface area contributed by atoms with Crippen molar-refractivity contribution < 1.29 is 0 Å². The predicted molar refractivity (Wildman–Crippen MR) is 99.9 cm³/mol. The summed E-state index contributed by atoms with van der Waals surface area (Å²) in [6, 6.07) is 10.5. The summed E-state index contributed by atoms with van der Waals surface area (Å²) in [5.74, 6) is 2.59. The normalized spacial score (nSPS) is 15.5. The van der Waals surface area contributed by atoms with E-state index in [-0.39, 0.29) is 0 Å². The van der Waals surface area contributed by atoms with E-state index in [1.807, 2.05) is 39.5 Å². The SMILES string of the molecule is Cc1cc(N=C2CN(c3ccc(N(C)C)cc3)Cc3nccn32)n[nH]1. The topological polar surface area (TPSA) is 65.3 Å². The standard InChI is InChI=1S/C18H21N7/c1-13-10-16(22-21-13)20-18-12-24(11-17-19-8-9-25(17)18)15-6-4-14(5-7-15)23(2)3/h4-10H,11-12H2,1-3H3,(H,21,22). The molecule has 25 heavy (non-hydrogen) atoms. The van der Waals surface area contributed by atoms with Crippen LogP contribution in [0.3, 0.4) is 0 Å². The van der Waals surface area contributed by atoms with Crippen molar-refractivity contribution in [1.29, 1.82) is 0 Å². The summed E-state index contributed by atoms with van der Waals surface area (Å²) in [5, 5.41) is 7.16. The van der Waals surface area contributed by atoms with Crippen molar-refractivity contribution in [2.24, 2.45) is 4.99 Å². The van der Waals surface area contributed by atoms with Gasteiger partial charge in [0.05, 0.1) is 13.1 Å². The summed E-state index contributed by atoms with van der Waals surface area (Å²) in [4.78, 5) is 13.6. The Labute approximate surface area is 146 Å². The van der Waals surface area contributed by atoms with E-state index in [1.165, 1.54) is 5.69 Å². The van der Waals surface area contributed by atoms with E-state index in [0.29, 0.717) is 12.4 Å². The summed E-state index contributed by atoms with van der Waals surface area (Å²) >= 11 is 0. The van der Waals surface area contributed by atoms with Crippen LogP contribution in [0.1, 0.15) is 11.5 Å². The first kappa shape index (κ1) is 15.4. The number of anilines is 2. The monoisotopic (exact) mass is 335 g/mol. The molecule has 3 heterocycles. The molecule has 0 radical (unpaired) electrons. The number of H-pyrrole nitrogens is 1. The van der Waals surface area contributed by atoms with Gasteiger partial charge in [0, 0.05) is 49.6 Å². The number of aromatic nitrogens is 4. The second-order valence-corrected chi connectivity index (χ2v) is 6.42. The number of aliphatic imine (C=N–C) groups is 1. The number of imidazole rings is 1. The Morgan fingerprint density at radius 3 is 2.64 bits per heavy atom. The van der Waals surface area contributed by atoms with Gasteiger partial charge in [-0.25, -0.2) is 9.98 Å². The molecule has 0 fully saturated rings. The lowest BCUT2D eigenvalue weighted by atomic mass is 10.2. The smallest absolute Gasteiger partial charge is 0.175 e. The number of benzene rings is 1. The minimum atomic E-state index is 0.692. The zero-order chi connectivity index (χ0) is 17.4. The van der Waals surface area contributed by atoms with Crippen molar-refractivity contribution in [3.8, 4) is 0 Å². The molecule has 7 nitrogen and oxygen atoms in total. The van der Waals surface area contributed by atoms with Gasteiger partial charge in [-0.3, -0.25) is 9.67 Å². The molecule has 0 unspecified atom stereocenters. The maximum atomic E-state index is 4.72. The van der Waals surface area contributed by atoms with Crippen molar-refractivity contribution in [3.05, 3.63) is 54.2 Å². The van der Waals surface area contributed by atoms with Crippen molar-refractivity contribution >= 4 is 23.0 Å². The third-order valence-corrected chi connectivity index (χ3v) is 4.33. The molecule has 0 saturated heterocycles. The van der Waals surface area contributed by atoms with Gasteiger partial charge in [-0.15, -0.1) is 0 Å². The molecular formula is C18H21N7. The van der Waals surface area contributed by atoms with E-state index < -0.39 is 0 Å². The quantitative estimate of drug-likeness (QED) is 0.799.